The van der Waals surface area contributed by atoms with Gasteiger partial charge < -0.3 is 26.0 Å². The first-order valence-corrected chi connectivity index (χ1v) is 11.6. The van der Waals surface area contributed by atoms with Crippen LogP contribution in [0.5, 0.6) is 0 Å². The summed E-state index contributed by atoms with van der Waals surface area (Å²) in [6.45, 7) is 9.65. The number of nitrogens with one attached hydrogen (secondary N) is 2. The highest BCUT2D eigenvalue weighted by atomic mass is 32.1. The van der Waals surface area contributed by atoms with E-state index >= 15 is 0 Å². The summed E-state index contributed by atoms with van der Waals surface area (Å²) in [6.07, 6.45) is -1.58. The van der Waals surface area contributed by atoms with Gasteiger partial charge in [-0.2, -0.15) is 4.98 Å². The van der Waals surface area contributed by atoms with E-state index in [1.165, 1.54) is 0 Å². The molecule has 172 valence electrons. The van der Waals surface area contributed by atoms with Gasteiger partial charge in [-0.15, -0.1) is 11.3 Å². The summed E-state index contributed by atoms with van der Waals surface area (Å²) in [7, 11) is 0. The van der Waals surface area contributed by atoms with Gasteiger partial charge in [0.2, 0.25) is 5.95 Å². The minimum absolute atomic E-state index is 0.143. The quantitative estimate of drug-likeness (QED) is 0.377. The predicted molar refractivity (Wildman–Crippen MR) is 126 cm³/mol. The Labute approximate surface area is 191 Å². The number of fused-ring (bicyclic) bond motifs is 1. The van der Waals surface area contributed by atoms with E-state index in [0.29, 0.717) is 18.2 Å². The Morgan fingerprint density at radius 2 is 1.81 bits per heavy atom. The number of nitrogens with zero attached hydrogens (tertiary/aromatic N) is 4. The number of rotatable bonds is 6. The average molecular weight is 459 g/mol. The first kappa shape index (κ1) is 22.8. The van der Waals surface area contributed by atoms with Gasteiger partial charge in [0.25, 0.3) is 0 Å². The summed E-state index contributed by atoms with van der Waals surface area (Å²) in [5.41, 5.74) is 4.16. The van der Waals surface area contributed by atoms with E-state index in [1.54, 1.807) is 11.3 Å². The highest BCUT2D eigenvalue weighted by Gasteiger charge is 2.41. The molecule has 0 bridgehead atoms. The first-order valence-electron chi connectivity index (χ1n) is 10.8. The SMILES string of the molecule is Cc1cc2sc(-c3c(C)nc(NC(C)C)nc3NC3C[C@H](CO)[C@@H](O)[C@H]3O)nc2c(C)n1. The monoisotopic (exact) mass is 458 g/mol. The van der Waals surface area contributed by atoms with E-state index in [4.69, 9.17) is 9.97 Å². The van der Waals surface area contributed by atoms with Gasteiger partial charge in [0.15, 0.2) is 0 Å². The lowest BCUT2D eigenvalue weighted by Crippen LogP contribution is -2.35. The van der Waals surface area contributed by atoms with E-state index < -0.39 is 18.2 Å². The summed E-state index contributed by atoms with van der Waals surface area (Å²) in [5.74, 6) is 0.628. The van der Waals surface area contributed by atoms with Crippen LogP contribution in [0.4, 0.5) is 11.8 Å². The van der Waals surface area contributed by atoms with E-state index in [2.05, 4.69) is 20.6 Å². The molecular formula is C22H30N6O3S. The van der Waals surface area contributed by atoms with Gasteiger partial charge in [-0.1, -0.05) is 0 Å². The number of aryl methyl sites for hydroxylation is 3. The molecule has 4 atom stereocenters. The third kappa shape index (κ3) is 4.27. The molecule has 0 aromatic carbocycles. The molecule has 1 unspecified atom stereocenters. The number of aliphatic hydroxyl groups is 3. The maximum atomic E-state index is 10.5. The fraction of sp³-hybridized carbons (Fsp3) is 0.545. The third-order valence-corrected chi connectivity index (χ3v) is 6.78. The zero-order valence-electron chi connectivity index (χ0n) is 18.9. The van der Waals surface area contributed by atoms with Crippen LogP contribution in [-0.2, 0) is 0 Å². The highest BCUT2D eigenvalue weighted by Crippen LogP contribution is 2.38. The van der Waals surface area contributed by atoms with Crippen molar-refractivity contribution in [1.29, 1.82) is 0 Å². The smallest absolute Gasteiger partial charge is 0.225 e. The highest BCUT2D eigenvalue weighted by molar-refractivity contribution is 7.21. The van der Waals surface area contributed by atoms with Crippen molar-refractivity contribution in [2.24, 2.45) is 5.92 Å². The van der Waals surface area contributed by atoms with Gasteiger partial charge in [-0.25, -0.2) is 9.97 Å². The Kier molecular flexibility index (Phi) is 6.30. The average Bonchev–Trinajstić information content (AvgIpc) is 3.23. The van der Waals surface area contributed by atoms with Gasteiger partial charge >= 0.3 is 0 Å². The standard InChI is InChI=1S/C22H30N6O3S/c1-9(2)23-22-25-11(4)16(21-27-17-12(5)24-10(3)6-15(17)32-21)20(28-22)26-14-7-13(8-29)18(30)19(14)31/h6,9,13-14,18-19,29-31H,7-8H2,1-5H3,(H2,23,25,26,28)/t13-,14?,18-,19+/m1/s1. The summed E-state index contributed by atoms with van der Waals surface area (Å²) in [6, 6.07) is 1.71. The van der Waals surface area contributed by atoms with Gasteiger partial charge in [-0.05, 0) is 47.1 Å². The maximum Gasteiger partial charge on any atom is 0.225 e. The lowest BCUT2D eigenvalue weighted by atomic mass is 10.1. The Bertz CT molecular complexity index is 1130. The fourth-order valence-corrected chi connectivity index (χ4v) is 5.43. The molecule has 3 heterocycles. The van der Waals surface area contributed by atoms with Crippen LogP contribution >= 0.6 is 11.3 Å². The van der Waals surface area contributed by atoms with Crippen molar-refractivity contribution in [3.05, 3.63) is 23.1 Å². The molecule has 0 amide bonds. The van der Waals surface area contributed by atoms with Crippen LogP contribution in [0.25, 0.3) is 20.8 Å². The molecule has 0 saturated heterocycles. The van der Waals surface area contributed by atoms with Crippen LogP contribution in [0.15, 0.2) is 6.07 Å². The molecule has 1 aliphatic carbocycles. The molecule has 3 aromatic rings. The number of hydrogen-bond acceptors (Lipinski definition) is 10. The second-order valence-electron chi connectivity index (χ2n) is 8.78. The van der Waals surface area contributed by atoms with Crippen molar-refractivity contribution in [3.8, 4) is 10.6 Å². The molecule has 9 nitrogen and oxygen atoms in total. The van der Waals surface area contributed by atoms with Crippen molar-refractivity contribution >= 4 is 33.3 Å². The number of hydrogen-bond donors (Lipinski definition) is 5. The first-order chi connectivity index (χ1) is 15.2. The van der Waals surface area contributed by atoms with E-state index in [1.807, 2.05) is 40.7 Å². The van der Waals surface area contributed by atoms with E-state index in [0.717, 1.165) is 37.9 Å². The van der Waals surface area contributed by atoms with Crippen molar-refractivity contribution in [3.63, 3.8) is 0 Å². The normalized spacial score (nSPS) is 23.3. The Morgan fingerprint density at radius 1 is 1.06 bits per heavy atom. The molecule has 1 aliphatic rings. The van der Waals surface area contributed by atoms with Crippen molar-refractivity contribution in [1.82, 2.24) is 19.9 Å². The topological polar surface area (TPSA) is 136 Å². The molecule has 0 radical (unpaired) electrons. The fourth-order valence-electron chi connectivity index (χ4n) is 4.22. The number of thiazole rings is 1. The Hall–Kier alpha value is -2.40. The van der Waals surface area contributed by atoms with Crippen LogP contribution in [-0.4, -0.2) is 66.2 Å². The zero-order valence-corrected chi connectivity index (χ0v) is 19.7. The molecule has 4 rings (SSSR count). The lowest BCUT2D eigenvalue weighted by Gasteiger charge is -2.21. The van der Waals surface area contributed by atoms with Crippen molar-refractivity contribution < 1.29 is 15.3 Å². The summed E-state index contributed by atoms with van der Waals surface area (Å²) in [4.78, 5) is 18.7. The molecule has 32 heavy (non-hydrogen) atoms. The van der Waals surface area contributed by atoms with Crippen LogP contribution in [0.3, 0.4) is 0 Å². The zero-order chi connectivity index (χ0) is 23.2. The Morgan fingerprint density at radius 3 is 2.47 bits per heavy atom. The molecular weight excluding hydrogens is 428 g/mol. The molecule has 3 aromatic heterocycles. The van der Waals surface area contributed by atoms with Crippen LogP contribution < -0.4 is 10.6 Å². The van der Waals surface area contributed by atoms with E-state index in [-0.39, 0.29) is 18.6 Å². The minimum atomic E-state index is -1.01. The molecule has 10 heteroatoms. The van der Waals surface area contributed by atoms with Gasteiger partial charge in [0, 0.05) is 24.3 Å². The molecule has 5 N–H and O–H groups in total. The van der Waals surface area contributed by atoms with Gasteiger partial charge in [-0.3, -0.25) is 4.98 Å². The molecule has 0 spiro atoms. The summed E-state index contributed by atoms with van der Waals surface area (Å²) < 4.78 is 1.04. The predicted octanol–water partition coefficient (Wildman–Crippen LogP) is 2.41. The number of anilines is 2. The third-order valence-electron chi connectivity index (χ3n) is 5.76. The number of aliphatic hydroxyl groups excluding tert-OH is 3. The second kappa shape index (κ2) is 8.86. The van der Waals surface area contributed by atoms with Crippen molar-refractivity contribution in [2.75, 3.05) is 17.2 Å². The molecule has 0 aliphatic heterocycles. The summed E-state index contributed by atoms with van der Waals surface area (Å²) >= 11 is 1.55. The van der Waals surface area contributed by atoms with E-state index in [9.17, 15) is 15.3 Å². The molecule has 1 saturated carbocycles. The summed E-state index contributed by atoms with van der Waals surface area (Å²) in [5, 5.41) is 37.7. The van der Waals surface area contributed by atoms with Crippen LogP contribution in [0.1, 0.15) is 37.4 Å². The molecule has 1 fully saturated rings. The van der Waals surface area contributed by atoms with Crippen LogP contribution in [0.2, 0.25) is 0 Å². The lowest BCUT2D eigenvalue weighted by molar-refractivity contribution is 0.00446. The largest absolute Gasteiger partial charge is 0.396 e. The Balaban J connectivity index is 1.80. The number of pyridine rings is 1. The second-order valence-corrected chi connectivity index (χ2v) is 9.81. The van der Waals surface area contributed by atoms with Crippen molar-refractivity contribution in [2.45, 2.75) is 65.3 Å². The van der Waals surface area contributed by atoms with Crippen LogP contribution in [0, 0.1) is 26.7 Å². The van der Waals surface area contributed by atoms with Gasteiger partial charge in [0.05, 0.1) is 33.8 Å². The van der Waals surface area contributed by atoms with Gasteiger partial charge in [0.1, 0.15) is 22.4 Å². The maximum absolute atomic E-state index is 10.5. The minimum Gasteiger partial charge on any atom is -0.396 e. The number of aromatic nitrogens is 4.